The average Bonchev–Trinajstić information content (AvgIpc) is 2.78. The fourth-order valence-corrected chi connectivity index (χ4v) is 3.44. The van der Waals surface area contributed by atoms with E-state index in [2.05, 4.69) is 41.0 Å². The first kappa shape index (κ1) is 12.7. The van der Waals surface area contributed by atoms with Crippen LogP contribution in [0, 0.1) is 0 Å². The molecule has 1 aliphatic carbocycles. The molecule has 0 spiro atoms. The predicted octanol–water partition coefficient (Wildman–Crippen LogP) is 4.49. The maximum absolute atomic E-state index is 6.28. The van der Waals surface area contributed by atoms with E-state index in [0.29, 0.717) is 0 Å². The maximum atomic E-state index is 6.28. The first-order valence-corrected chi connectivity index (χ1v) is 7.76. The van der Waals surface area contributed by atoms with Gasteiger partial charge in [-0.1, -0.05) is 42.5 Å². The largest absolute Gasteiger partial charge is 0.453 e. The van der Waals surface area contributed by atoms with Gasteiger partial charge in [-0.05, 0) is 31.2 Å². The molecule has 2 aliphatic rings. The number of rotatable bonds is 0. The van der Waals surface area contributed by atoms with E-state index in [1.807, 2.05) is 37.3 Å². The monoisotopic (exact) mass is 300 g/mol. The Morgan fingerprint density at radius 1 is 0.957 bits per heavy atom. The minimum Gasteiger partial charge on any atom is -0.453 e. The Balaban J connectivity index is 1.96. The van der Waals surface area contributed by atoms with Gasteiger partial charge in [-0.15, -0.1) is 0 Å². The molecule has 0 bridgehead atoms. The Kier molecular flexibility index (Phi) is 2.30. The molecule has 0 radical (unpaired) electrons. The minimum absolute atomic E-state index is 0.437. The van der Waals surface area contributed by atoms with E-state index in [0.717, 1.165) is 28.4 Å². The van der Waals surface area contributed by atoms with Gasteiger partial charge in [0, 0.05) is 10.9 Å². The van der Waals surface area contributed by atoms with Gasteiger partial charge in [0.2, 0.25) is 0 Å². The van der Waals surface area contributed by atoms with Crippen LogP contribution in [-0.2, 0) is 0 Å². The first-order valence-electron chi connectivity index (χ1n) is 7.76. The van der Waals surface area contributed by atoms with Crippen molar-refractivity contribution in [3.05, 3.63) is 65.9 Å². The number of aromatic nitrogens is 1. The lowest BCUT2D eigenvalue weighted by molar-refractivity contribution is 0.475. The van der Waals surface area contributed by atoms with E-state index in [9.17, 15) is 0 Å². The molecule has 0 amide bonds. The van der Waals surface area contributed by atoms with E-state index >= 15 is 0 Å². The quantitative estimate of drug-likeness (QED) is 0.519. The van der Waals surface area contributed by atoms with Crippen LogP contribution in [-0.4, -0.2) is 10.1 Å². The Bertz CT molecular complexity index is 1020. The van der Waals surface area contributed by atoms with Crippen molar-refractivity contribution >= 4 is 23.1 Å². The summed E-state index contributed by atoms with van der Waals surface area (Å²) < 4.78 is 8.38. The van der Waals surface area contributed by atoms with Crippen LogP contribution < -0.4 is 10.5 Å². The molecule has 2 aromatic carbocycles. The number of nitrogens with zero attached hydrogens (tertiary/aromatic N) is 1. The number of nitrogens with two attached hydrogens (primary N) is 1. The van der Waals surface area contributed by atoms with Gasteiger partial charge in [0.1, 0.15) is 0 Å². The molecule has 2 N–H and O–H groups in total. The van der Waals surface area contributed by atoms with Gasteiger partial charge < -0.3 is 15.0 Å². The molecule has 0 saturated heterocycles. The second-order valence-corrected chi connectivity index (χ2v) is 6.39. The summed E-state index contributed by atoms with van der Waals surface area (Å²) in [6.07, 6.45) is 8.36. The molecule has 112 valence electrons. The van der Waals surface area contributed by atoms with Gasteiger partial charge in [-0.25, -0.2) is 0 Å². The average molecular weight is 300 g/mol. The molecule has 0 saturated carbocycles. The molecule has 1 aliphatic heterocycles. The van der Waals surface area contributed by atoms with E-state index in [-0.39, 0.29) is 0 Å². The van der Waals surface area contributed by atoms with Crippen molar-refractivity contribution in [1.82, 2.24) is 4.57 Å². The van der Waals surface area contributed by atoms with Crippen molar-refractivity contribution in [2.75, 3.05) is 0 Å². The lowest BCUT2D eigenvalue weighted by Gasteiger charge is -2.21. The van der Waals surface area contributed by atoms with Gasteiger partial charge in [-0.2, -0.15) is 0 Å². The van der Waals surface area contributed by atoms with E-state index in [1.165, 1.54) is 10.9 Å². The normalized spacial score (nSPS) is 20.8. The molecule has 23 heavy (non-hydrogen) atoms. The summed E-state index contributed by atoms with van der Waals surface area (Å²) in [7, 11) is 0. The van der Waals surface area contributed by atoms with Crippen molar-refractivity contribution in [3.8, 4) is 17.2 Å². The lowest BCUT2D eigenvalue weighted by atomic mass is 10.0. The van der Waals surface area contributed by atoms with Gasteiger partial charge in [0.05, 0.1) is 22.4 Å². The van der Waals surface area contributed by atoms with Gasteiger partial charge in [0.15, 0.2) is 11.5 Å². The molecule has 1 aromatic heterocycles. The summed E-state index contributed by atoms with van der Waals surface area (Å²) in [5.41, 5.74) is 10.4. The second kappa shape index (κ2) is 4.15. The topological polar surface area (TPSA) is 40.2 Å². The summed E-state index contributed by atoms with van der Waals surface area (Å²) in [6, 6.07) is 14.3. The van der Waals surface area contributed by atoms with E-state index < -0.39 is 5.54 Å². The highest BCUT2D eigenvalue weighted by Crippen LogP contribution is 2.45. The second-order valence-electron chi connectivity index (χ2n) is 6.39. The van der Waals surface area contributed by atoms with E-state index in [4.69, 9.17) is 10.5 Å². The number of hydrogen-bond acceptors (Lipinski definition) is 2. The smallest absolute Gasteiger partial charge is 0.152 e. The summed E-state index contributed by atoms with van der Waals surface area (Å²) in [4.78, 5) is 0. The summed E-state index contributed by atoms with van der Waals surface area (Å²) in [5, 5.41) is 1.19. The molecular formula is C20H16N2O. The van der Waals surface area contributed by atoms with Crippen molar-refractivity contribution < 1.29 is 4.74 Å². The highest BCUT2D eigenvalue weighted by Gasteiger charge is 2.26. The molecular weight excluding hydrogens is 284 g/mol. The number of fused-ring (bicyclic) bond motifs is 5. The number of hydrogen-bond donors (Lipinski definition) is 1. The first-order chi connectivity index (χ1) is 11.1. The van der Waals surface area contributed by atoms with Crippen LogP contribution in [0.15, 0.2) is 54.6 Å². The van der Waals surface area contributed by atoms with Crippen molar-refractivity contribution in [1.29, 1.82) is 0 Å². The molecule has 0 fully saturated rings. The summed E-state index contributed by atoms with van der Waals surface area (Å²) in [6.45, 7) is 2.01. The van der Waals surface area contributed by atoms with Crippen molar-refractivity contribution in [3.63, 3.8) is 0 Å². The van der Waals surface area contributed by atoms with Crippen LogP contribution in [0.5, 0.6) is 11.5 Å². The van der Waals surface area contributed by atoms with Crippen LogP contribution in [0.3, 0.4) is 0 Å². The predicted molar refractivity (Wildman–Crippen MR) is 94.0 cm³/mol. The minimum atomic E-state index is -0.437. The maximum Gasteiger partial charge on any atom is 0.152 e. The van der Waals surface area contributed by atoms with Gasteiger partial charge in [-0.3, -0.25) is 0 Å². The zero-order chi connectivity index (χ0) is 15.6. The lowest BCUT2D eigenvalue weighted by Crippen LogP contribution is -2.30. The molecule has 3 nitrogen and oxygen atoms in total. The standard InChI is InChI=1S/C20H16N2O/c1-20(21)11-9-13-14-5-4-8-18-19(14)22(15(13)10-12-20)16-6-2-3-7-17(16)23-18/h2-12H,21H2,1H3. The van der Waals surface area contributed by atoms with Gasteiger partial charge >= 0.3 is 0 Å². The number of para-hydroxylation sites is 3. The highest BCUT2D eigenvalue weighted by molar-refractivity contribution is 6.00. The van der Waals surface area contributed by atoms with Crippen molar-refractivity contribution in [2.45, 2.75) is 12.5 Å². The molecule has 2 heterocycles. The summed E-state index contributed by atoms with van der Waals surface area (Å²) in [5.74, 6) is 1.77. The van der Waals surface area contributed by atoms with E-state index in [1.54, 1.807) is 0 Å². The SMILES string of the molecule is CC1(N)C=Cc2c(n3c4c(cccc24)Oc2ccccc2-3)C=C1. The zero-order valence-electron chi connectivity index (χ0n) is 12.8. The molecule has 3 heteroatoms. The van der Waals surface area contributed by atoms with Crippen LogP contribution in [0.1, 0.15) is 18.2 Å². The Morgan fingerprint density at radius 3 is 2.65 bits per heavy atom. The number of benzene rings is 2. The zero-order valence-corrected chi connectivity index (χ0v) is 12.8. The van der Waals surface area contributed by atoms with Crippen LogP contribution in [0.2, 0.25) is 0 Å². The third-order valence-corrected chi connectivity index (χ3v) is 4.57. The fraction of sp³-hybridized carbons (Fsp3) is 0.100. The molecule has 5 rings (SSSR count). The van der Waals surface area contributed by atoms with Crippen molar-refractivity contribution in [2.24, 2.45) is 5.73 Å². The summed E-state index contributed by atoms with van der Waals surface area (Å²) >= 11 is 0. The molecule has 1 atom stereocenters. The van der Waals surface area contributed by atoms with Crippen LogP contribution in [0.4, 0.5) is 0 Å². The molecule has 3 aromatic rings. The Labute approximate surface area is 134 Å². The molecule has 1 unspecified atom stereocenters. The third kappa shape index (κ3) is 1.68. The van der Waals surface area contributed by atoms with Crippen LogP contribution >= 0.6 is 0 Å². The Hall–Kier alpha value is -2.78. The Morgan fingerprint density at radius 2 is 1.74 bits per heavy atom. The van der Waals surface area contributed by atoms with Gasteiger partial charge in [0.25, 0.3) is 0 Å². The fourth-order valence-electron chi connectivity index (χ4n) is 3.44. The van der Waals surface area contributed by atoms with Crippen LogP contribution in [0.25, 0.3) is 28.7 Å². The highest BCUT2D eigenvalue weighted by atomic mass is 16.5. The number of ether oxygens (including phenoxy) is 1. The third-order valence-electron chi connectivity index (χ3n) is 4.57.